The van der Waals surface area contributed by atoms with E-state index in [9.17, 15) is 0 Å². The average Bonchev–Trinajstić information content (AvgIpc) is 2.99. The molecule has 0 aromatic carbocycles. The van der Waals surface area contributed by atoms with Gasteiger partial charge in [-0.3, -0.25) is 0 Å². The highest BCUT2D eigenvalue weighted by atomic mass is 32.1. The molecule has 108 valence electrons. The fourth-order valence-electron chi connectivity index (χ4n) is 2.61. The minimum atomic E-state index is 0.663. The number of rotatable bonds is 7. The third-order valence-electron chi connectivity index (χ3n) is 3.55. The van der Waals surface area contributed by atoms with Crippen molar-refractivity contribution < 1.29 is 4.74 Å². The molecule has 19 heavy (non-hydrogen) atoms. The molecule has 0 bridgehead atoms. The van der Waals surface area contributed by atoms with Gasteiger partial charge in [0.1, 0.15) is 0 Å². The van der Waals surface area contributed by atoms with Crippen LogP contribution in [0.5, 0.6) is 0 Å². The zero-order valence-electron chi connectivity index (χ0n) is 12.2. The van der Waals surface area contributed by atoms with Crippen LogP contribution >= 0.6 is 11.3 Å². The second kappa shape index (κ2) is 7.22. The highest BCUT2D eigenvalue weighted by molar-refractivity contribution is 7.15. The van der Waals surface area contributed by atoms with Crippen molar-refractivity contribution >= 4 is 16.5 Å². The lowest BCUT2D eigenvalue weighted by Gasteiger charge is -2.14. The van der Waals surface area contributed by atoms with Crippen LogP contribution in [0.3, 0.4) is 0 Å². The molecular weight excluding hydrogens is 258 g/mol. The number of hydrogen-bond donors (Lipinski definition) is 1. The van der Waals surface area contributed by atoms with Crippen molar-refractivity contribution in [3.8, 4) is 0 Å². The molecule has 5 heteroatoms. The van der Waals surface area contributed by atoms with Gasteiger partial charge in [0.25, 0.3) is 0 Å². The Hall–Kier alpha value is -0.650. The smallest absolute Gasteiger partial charge is 0.185 e. The van der Waals surface area contributed by atoms with Gasteiger partial charge in [-0.25, -0.2) is 4.98 Å². The fraction of sp³-hybridized carbons (Fsp3) is 0.786. The van der Waals surface area contributed by atoms with Gasteiger partial charge in [-0.2, -0.15) is 0 Å². The molecule has 1 atom stereocenters. The molecule has 0 radical (unpaired) electrons. The van der Waals surface area contributed by atoms with E-state index in [2.05, 4.69) is 17.1 Å². The van der Waals surface area contributed by atoms with Gasteiger partial charge in [0.2, 0.25) is 0 Å². The van der Waals surface area contributed by atoms with E-state index in [0.717, 1.165) is 39.1 Å². The number of ether oxygens (including phenoxy) is 1. The number of anilines is 1. The first kappa shape index (κ1) is 14.8. The van der Waals surface area contributed by atoms with Gasteiger partial charge in [-0.1, -0.05) is 13.3 Å². The molecule has 1 unspecified atom stereocenters. The lowest BCUT2D eigenvalue weighted by atomic mass is 10.1. The molecule has 1 saturated heterocycles. The molecule has 4 nitrogen and oxygen atoms in total. The summed E-state index contributed by atoms with van der Waals surface area (Å²) < 4.78 is 5.26. The van der Waals surface area contributed by atoms with Gasteiger partial charge in [-0.05, 0) is 19.9 Å². The zero-order chi connectivity index (χ0) is 13.7. The number of nitrogens with one attached hydrogen (secondary N) is 1. The number of methoxy groups -OCH3 is 1. The predicted molar refractivity (Wildman–Crippen MR) is 81.1 cm³/mol. The third kappa shape index (κ3) is 3.68. The standard InChI is InChI=1S/C14H25N3OS/c1-4-5-12-13(8-15-2)19-14(16-12)17-7-6-11(9-17)10-18-3/h11,15H,4-10H2,1-3H3. The molecule has 1 N–H and O–H groups in total. The second-order valence-electron chi connectivity index (χ2n) is 5.20. The van der Waals surface area contributed by atoms with Crippen molar-refractivity contribution in [2.45, 2.75) is 32.7 Å². The minimum absolute atomic E-state index is 0.663. The number of aryl methyl sites for hydroxylation is 1. The normalized spacial score (nSPS) is 19.3. The van der Waals surface area contributed by atoms with Gasteiger partial charge >= 0.3 is 0 Å². The van der Waals surface area contributed by atoms with Crippen LogP contribution in [0.25, 0.3) is 0 Å². The number of hydrogen-bond acceptors (Lipinski definition) is 5. The lowest BCUT2D eigenvalue weighted by Crippen LogP contribution is -2.20. The molecular formula is C14H25N3OS. The summed E-state index contributed by atoms with van der Waals surface area (Å²) in [6, 6.07) is 0. The maximum Gasteiger partial charge on any atom is 0.185 e. The van der Waals surface area contributed by atoms with Crippen molar-refractivity contribution in [2.75, 3.05) is 38.8 Å². The van der Waals surface area contributed by atoms with Crippen molar-refractivity contribution in [1.29, 1.82) is 0 Å². The Morgan fingerprint density at radius 1 is 1.53 bits per heavy atom. The molecule has 0 saturated carbocycles. The summed E-state index contributed by atoms with van der Waals surface area (Å²) in [7, 11) is 3.79. The first-order valence-electron chi connectivity index (χ1n) is 7.15. The molecule has 1 aliphatic heterocycles. The topological polar surface area (TPSA) is 37.4 Å². The predicted octanol–water partition coefficient (Wildman–Crippen LogP) is 2.29. The fourth-order valence-corrected chi connectivity index (χ4v) is 3.77. The van der Waals surface area contributed by atoms with Crippen LogP contribution in [0.1, 0.15) is 30.3 Å². The third-order valence-corrected chi connectivity index (χ3v) is 4.71. The van der Waals surface area contributed by atoms with Crippen LogP contribution in [0, 0.1) is 5.92 Å². The highest BCUT2D eigenvalue weighted by Crippen LogP contribution is 2.31. The van der Waals surface area contributed by atoms with E-state index >= 15 is 0 Å². The Morgan fingerprint density at radius 3 is 3.05 bits per heavy atom. The van der Waals surface area contributed by atoms with Gasteiger partial charge in [-0.15, -0.1) is 11.3 Å². The summed E-state index contributed by atoms with van der Waals surface area (Å²) in [6.07, 6.45) is 3.47. The van der Waals surface area contributed by atoms with E-state index < -0.39 is 0 Å². The summed E-state index contributed by atoms with van der Waals surface area (Å²) >= 11 is 1.85. The summed E-state index contributed by atoms with van der Waals surface area (Å²) in [6.45, 7) is 6.22. The summed E-state index contributed by atoms with van der Waals surface area (Å²) in [4.78, 5) is 8.68. The maximum atomic E-state index is 5.26. The van der Waals surface area contributed by atoms with E-state index in [-0.39, 0.29) is 0 Å². The maximum absolute atomic E-state index is 5.26. The van der Waals surface area contributed by atoms with Crippen LogP contribution < -0.4 is 10.2 Å². The first-order chi connectivity index (χ1) is 9.28. The van der Waals surface area contributed by atoms with Gasteiger partial charge in [0, 0.05) is 37.5 Å². The highest BCUT2D eigenvalue weighted by Gasteiger charge is 2.25. The van der Waals surface area contributed by atoms with Gasteiger partial charge in [0.05, 0.1) is 12.3 Å². The Bertz CT molecular complexity index is 371. The van der Waals surface area contributed by atoms with Crippen LogP contribution in [0.4, 0.5) is 5.13 Å². The molecule has 1 aromatic heterocycles. The molecule has 0 aliphatic carbocycles. The van der Waals surface area contributed by atoms with Crippen molar-refractivity contribution in [3.05, 3.63) is 10.6 Å². The molecule has 0 amide bonds. The quantitative estimate of drug-likeness (QED) is 0.833. The van der Waals surface area contributed by atoms with E-state index in [0.29, 0.717) is 5.92 Å². The lowest BCUT2D eigenvalue weighted by molar-refractivity contribution is 0.161. The largest absolute Gasteiger partial charge is 0.384 e. The van der Waals surface area contributed by atoms with E-state index in [1.807, 2.05) is 18.4 Å². The molecule has 1 fully saturated rings. The van der Waals surface area contributed by atoms with E-state index in [4.69, 9.17) is 9.72 Å². The van der Waals surface area contributed by atoms with Gasteiger partial charge in [0.15, 0.2) is 5.13 Å². The number of aromatic nitrogens is 1. The Labute approximate surface area is 120 Å². The van der Waals surface area contributed by atoms with Crippen molar-refractivity contribution in [1.82, 2.24) is 10.3 Å². The second-order valence-corrected chi connectivity index (χ2v) is 6.26. The first-order valence-corrected chi connectivity index (χ1v) is 7.97. The Balaban J connectivity index is 2.06. The van der Waals surface area contributed by atoms with E-state index in [1.54, 1.807) is 7.11 Å². The molecule has 0 spiro atoms. The van der Waals surface area contributed by atoms with Crippen LogP contribution in [0.2, 0.25) is 0 Å². The SMILES string of the molecule is CCCc1nc(N2CCC(COC)C2)sc1CNC. The number of nitrogens with zero attached hydrogens (tertiary/aromatic N) is 2. The molecule has 1 aromatic rings. The molecule has 2 heterocycles. The van der Waals surface area contributed by atoms with Crippen molar-refractivity contribution in [3.63, 3.8) is 0 Å². The van der Waals surface area contributed by atoms with E-state index in [1.165, 1.54) is 22.1 Å². The average molecular weight is 283 g/mol. The summed E-state index contributed by atoms with van der Waals surface area (Å²) in [5.74, 6) is 0.663. The number of thiazole rings is 1. The van der Waals surface area contributed by atoms with Crippen LogP contribution in [-0.4, -0.2) is 38.8 Å². The Morgan fingerprint density at radius 2 is 2.37 bits per heavy atom. The van der Waals surface area contributed by atoms with Crippen molar-refractivity contribution in [2.24, 2.45) is 5.92 Å². The minimum Gasteiger partial charge on any atom is -0.384 e. The molecule has 2 rings (SSSR count). The monoisotopic (exact) mass is 283 g/mol. The van der Waals surface area contributed by atoms with Gasteiger partial charge < -0.3 is 15.0 Å². The Kier molecular flexibility index (Phi) is 5.60. The summed E-state index contributed by atoms with van der Waals surface area (Å²) in [5, 5.41) is 4.45. The summed E-state index contributed by atoms with van der Waals surface area (Å²) in [5.41, 5.74) is 1.28. The zero-order valence-corrected chi connectivity index (χ0v) is 13.1. The van der Waals surface area contributed by atoms with Crippen LogP contribution in [-0.2, 0) is 17.7 Å². The molecule has 1 aliphatic rings. The van der Waals surface area contributed by atoms with Crippen LogP contribution in [0.15, 0.2) is 0 Å².